The van der Waals surface area contributed by atoms with Crippen LogP contribution >= 0.6 is 0 Å². The van der Waals surface area contributed by atoms with Gasteiger partial charge in [0.05, 0.1) is 6.61 Å². The largest absolute Gasteiger partial charge is 0.494 e. The van der Waals surface area contributed by atoms with E-state index in [1.54, 1.807) is 0 Å². The van der Waals surface area contributed by atoms with Gasteiger partial charge in [-0.2, -0.15) is 0 Å². The van der Waals surface area contributed by atoms with Crippen LogP contribution in [0, 0.1) is 0 Å². The predicted octanol–water partition coefficient (Wildman–Crippen LogP) is 0.989. The highest BCUT2D eigenvalue weighted by Crippen LogP contribution is 2.21. The highest BCUT2D eigenvalue weighted by Gasteiger charge is 2.25. The van der Waals surface area contributed by atoms with E-state index in [1.807, 2.05) is 19.1 Å². The van der Waals surface area contributed by atoms with E-state index in [-0.39, 0.29) is 6.04 Å². The van der Waals surface area contributed by atoms with E-state index in [1.165, 1.54) is 5.56 Å². The SMILES string of the molecule is CCOc1ccc(C(N)C2CNCCN2C)cc1. The lowest BCUT2D eigenvalue weighted by molar-refractivity contribution is 0.174. The Balaban J connectivity index is 2.05. The van der Waals surface area contributed by atoms with Gasteiger partial charge in [-0.15, -0.1) is 0 Å². The third kappa shape index (κ3) is 3.02. The standard InChI is InChI=1S/C14H23N3O/c1-3-18-12-6-4-11(5-7-12)14(15)13-10-16-8-9-17(13)2/h4-7,13-14,16H,3,8-10,15H2,1-2H3. The van der Waals surface area contributed by atoms with Crippen LogP contribution in [-0.4, -0.2) is 44.2 Å². The Morgan fingerprint density at radius 3 is 2.78 bits per heavy atom. The van der Waals surface area contributed by atoms with Gasteiger partial charge in [0.1, 0.15) is 5.75 Å². The summed E-state index contributed by atoms with van der Waals surface area (Å²) >= 11 is 0. The lowest BCUT2D eigenvalue weighted by atomic mass is 9.98. The number of hydrogen-bond donors (Lipinski definition) is 2. The minimum absolute atomic E-state index is 0.0403. The van der Waals surface area contributed by atoms with Crippen LogP contribution in [0.15, 0.2) is 24.3 Å². The van der Waals surface area contributed by atoms with E-state index >= 15 is 0 Å². The summed E-state index contributed by atoms with van der Waals surface area (Å²) in [6.45, 7) is 5.73. The quantitative estimate of drug-likeness (QED) is 0.835. The third-order valence-corrected chi connectivity index (χ3v) is 3.55. The molecule has 1 aliphatic rings. The van der Waals surface area contributed by atoms with E-state index in [2.05, 4.69) is 29.4 Å². The molecule has 1 heterocycles. The number of rotatable bonds is 4. The molecule has 0 aliphatic carbocycles. The van der Waals surface area contributed by atoms with Gasteiger partial charge in [0.2, 0.25) is 0 Å². The maximum atomic E-state index is 6.36. The van der Waals surface area contributed by atoms with E-state index < -0.39 is 0 Å². The van der Waals surface area contributed by atoms with Crippen molar-refractivity contribution in [3.8, 4) is 5.75 Å². The molecule has 18 heavy (non-hydrogen) atoms. The summed E-state index contributed by atoms with van der Waals surface area (Å²) in [5.74, 6) is 0.906. The molecule has 0 bridgehead atoms. The molecule has 2 atom stereocenters. The van der Waals surface area contributed by atoms with Crippen LogP contribution in [0.4, 0.5) is 0 Å². The number of nitrogens with one attached hydrogen (secondary N) is 1. The Hall–Kier alpha value is -1.10. The highest BCUT2D eigenvalue weighted by atomic mass is 16.5. The summed E-state index contributed by atoms with van der Waals surface area (Å²) in [5.41, 5.74) is 7.53. The Labute approximate surface area is 109 Å². The molecule has 1 aliphatic heterocycles. The van der Waals surface area contributed by atoms with Crippen molar-refractivity contribution in [1.82, 2.24) is 10.2 Å². The van der Waals surface area contributed by atoms with Gasteiger partial charge in [-0.1, -0.05) is 12.1 Å². The lowest BCUT2D eigenvalue weighted by Gasteiger charge is -2.37. The van der Waals surface area contributed by atoms with Gasteiger partial charge in [-0.25, -0.2) is 0 Å². The van der Waals surface area contributed by atoms with Gasteiger partial charge in [0, 0.05) is 31.7 Å². The molecule has 1 aromatic carbocycles. The first kappa shape index (κ1) is 13.3. The summed E-state index contributed by atoms with van der Waals surface area (Å²) in [6, 6.07) is 8.52. The average molecular weight is 249 g/mol. The van der Waals surface area contributed by atoms with Gasteiger partial charge < -0.3 is 15.8 Å². The van der Waals surface area contributed by atoms with Crippen molar-refractivity contribution < 1.29 is 4.74 Å². The van der Waals surface area contributed by atoms with Crippen LogP contribution in [0.1, 0.15) is 18.5 Å². The predicted molar refractivity (Wildman–Crippen MR) is 73.8 cm³/mol. The number of nitrogens with zero attached hydrogens (tertiary/aromatic N) is 1. The minimum Gasteiger partial charge on any atom is -0.494 e. The summed E-state index contributed by atoms with van der Waals surface area (Å²) in [6.07, 6.45) is 0. The maximum Gasteiger partial charge on any atom is 0.119 e. The Kier molecular flexibility index (Phi) is 4.58. The second-order valence-corrected chi connectivity index (χ2v) is 4.78. The topological polar surface area (TPSA) is 50.5 Å². The van der Waals surface area contributed by atoms with Crippen molar-refractivity contribution in [2.24, 2.45) is 5.73 Å². The molecule has 0 spiro atoms. The molecule has 3 N–H and O–H groups in total. The molecule has 1 aromatic rings. The number of likely N-dealkylation sites (N-methyl/N-ethyl adjacent to an activating group) is 1. The van der Waals surface area contributed by atoms with E-state index in [0.29, 0.717) is 12.6 Å². The number of nitrogens with two attached hydrogens (primary N) is 1. The van der Waals surface area contributed by atoms with Gasteiger partial charge in [0.15, 0.2) is 0 Å². The maximum absolute atomic E-state index is 6.36. The van der Waals surface area contributed by atoms with Crippen molar-refractivity contribution in [2.45, 2.75) is 19.0 Å². The van der Waals surface area contributed by atoms with Crippen molar-refractivity contribution in [3.05, 3.63) is 29.8 Å². The molecule has 2 rings (SSSR count). The fraction of sp³-hybridized carbons (Fsp3) is 0.571. The fourth-order valence-electron chi connectivity index (χ4n) is 2.40. The summed E-state index contributed by atoms with van der Waals surface area (Å²) in [4.78, 5) is 2.33. The van der Waals surface area contributed by atoms with Crippen LogP contribution in [0.5, 0.6) is 5.75 Å². The number of piperazine rings is 1. The average Bonchev–Trinajstić information content (AvgIpc) is 2.40. The van der Waals surface area contributed by atoms with Crippen molar-refractivity contribution in [2.75, 3.05) is 33.3 Å². The zero-order chi connectivity index (χ0) is 13.0. The van der Waals surface area contributed by atoms with Crippen molar-refractivity contribution >= 4 is 0 Å². The summed E-state index contributed by atoms with van der Waals surface area (Å²) in [7, 11) is 2.14. The second kappa shape index (κ2) is 6.18. The first-order valence-electron chi connectivity index (χ1n) is 6.61. The molecule has 4 heteroatoms. The first-order chi connectivity index (χ1) is 8.72. The smallest absolute Gasteiger partial charge is 0.119 e. The van der Waals surface area contributed by atoms with Crippen LogP contribution in [0.25, 0.3) is 0 Å². The second-order valence-electron chi connectivity index (χ2n) is 4.78. The van der Waals surface area contributed by atoms with Gasteiger partial charge in [0.25, 0.3) is 0 Å². The third-order valence-electron chi connectivity index (χ3n) is 3.55. The zero-order valence-electron chi connectivity index (χ0n) is 11.2. The molecule has 4 nitrogen and oxygen atoms in total. The number of benzene rings is 1. The Morgan fingerprint density at radius 1 is 1.44 bits per heavy atom. The Bertz CT molecular complexity index is 366. The molecular weight excluding hydrogens is 226 g/mol. The van der Waals surface area contributed by atoms with Gasteiger partial charge in [-0.3, -0.25) is 4.90 Å². The molecule has 0 amide bonds. The molecule has 0 saturated carbocycles. The van der Waals surface area contributed by atoms with Gasteiger partial charge >= 0.3 is 0 Å². The van der Waals surface area contributed by atoms with Gasteiger partial charge in [-0.05, 0) is 31.7 Å². The highest BCUT2D eigenvalue weighted by molar-refractivity contribution is 5.30. The van der Waals surface area contributed by atoms with E-state index in [9.17, 15) is 0 Å². The van der Waals surface area contributed by atoms with Crippen LogP contribution in [0.2, 0.25) is 0 Å². The Morgan fingerprint density at radius 2 is 2.17 bits per heavy atom. The molecule has 100 valence electrons. The first-order valence-corrected chi connectivity index (χ1v) is 6.61. The lowest BCUT2D eigenvalue weighted by Crippen LogP contribution is -2.53. The summed E-state index contributed by atoms with van der Waals surface area (Å²) < 4.78 is 5.44. The van der Waals surface area contributed by atoms with Crippen LogP contribution in [0.3, 0.4) is 0 Å². The van der Waals surface area contributed by atoms with E-state index in [4.69, 9.17) is 10.5 Å². The molecule has 0 radical (unpaired) electrons. The monoisotopic (exact) mass is 249 g/mol. The normalized spacial score (nSPS) is 22.7. The molecular formula is C14H23N3O. The minimum atomic E-state index is 0.0403. The van der Waals surface area contributed by atoms with E-state index in [0.717, 1.165) is 25.4 Å². The van der Waals surface area contributed by atoms with Crippen molar-refractivity contribution in [1.29, 1.82) is 0 Å². The van der Waals surface area contributed by atoms with Crippen LogP contribution in [-0.2, 0) is 0 Å². The van der Waals surface area contributed by atoms with Crippen molar-refractivity contribution in [3.63, 3.8) is 0 Å². The molecule has 0 aromatic heterocycles. The fourth-order valence-corrected chi connectivity index (χ4v) is 2.40. The number of hydrogen-bond acceptors (Lipinski definition) is 4. The number of ether oxygens (including phenoxy) is 1. The molecule has 1 fully saturated rings. The molecule has 1 saturated heterocycles. The van der Waals surface area contributed by atoms with Crippen LogP contribution < -0.4 is 15.8 Å². The molecule has 2 unspecified atom stereocenters. The summed E-state index contributed by atoms with van der Waals surface area (Å²) in [5, 5.41) is 3.40. The zero-order valence-corrected chi connectivity index (χ0v) is 11.2.